The van der Waals surface area contributed by atoms with Crippen LogP contribution in [-0.2, 0) is 23.5 Å². The smallest absolute Gasteiger partial charge is 0.137 e. The first-order valence-corrected chi connectivity index (χ1v) is 9.19. The highest BCUT2D eigenvalue weighted by Crippen LogP contribution is 2.43. The largest absolute Gasteiger partial charge is 0.359 e. The zero-order valence-corrected chi connectivity index (χ0v) is 15.0. The summed E-state index contributed by atoms with van der Waals surface area (Å²) in [6, 6.07) is 27.7. The average Bonchev–Trinajstić information content (AvgIpc) is 3.38. The Labute approximate surface area is 158 Å². The molecule has 0 spiro atoms. The van der Waals surface area contributed by atoms with Crippen molar-refractivity contribution >= 4 is 0 Å². The minimum absolute atomic E-state index is 0.494. The molecule has 1 aliphatic rings. The maximum absolute atomic E-state index is 6.47. The highest BCUT2D eigenvalue weighted by atomic mass is 16.5. The molecule has 2 heterocycles. The van der Waals surface area contributed by atoms with Crippen LogP contribution < -0.4 is 0 Å². The fourth-order valence-electron chi connectivity index (χ4n) is 3.98. The predicted molar refractivity (Wildman–Crippen MR) is 106 cm³/mol. The van der Waals surface area contributed by atoms with Gasteiger partial charge in [0.05, 0.1) is 19.5 Å². The van der Waals surface area contributed by atoms with E-state index in [0.717, 1.165) is 0 Å². The van der Waals surface area contributed by atoms with E-state index < -0.39 is 5.60 Å². The lowest BCUT2D eigenvalue weighted by Crippen LogP contribution is -2.32. The Morgan fingerprint density at radius 2 is 1.59 bits per heavy atom. The lowest BCUT2D eigenvalue weighted by atomic mass is 9.84. The van der Waals surface area contributed by atoms with Gasteiger partial charge in [-0.15, -0.1) is 0 Å². The van der Waals surface area contributed by atoms with Crippen LogP contribution in [0.5, 0.6) is 0 Å². The Bertz CT molecular complexity index is 1040. The number of hydrogen-bond acceptors (Lipinski definition) is 2. The first kappa shape index (κ1) is 16.0. The van der Waals surface area contributed by atoms with Crippen molar-refractivity contribution in [2.75, 3.05) is 0 Å². The first-order chi connectivity index (χ1) is 13.4. The number of hydrogen-bond donors (Lipinski definition) is 0. The van der Waals surface area contributed by atoms with E-state index in [1.54, 1.807) is 0 Å². The van der Waals surface area contributed by atoms with Crippen LogP contribution in [0.3, 0.4) is 0 Å². The molecule has 0 saturated heterocycles. The minimum atomic E-state index is -0.494. The standard InChI is InChI=1S/C24H20N2O/c1-2-6-19(7-3-1)20-10-12-22(13-11-20)24(17-26-15-14-25-18-26)23-9-5-4-8-21(23)16-27-24/h1-15,18H,16-17H2. The molecule has 3 aromatic carbocycles. The van der Waals surface area contributed by atoms with E-state index >= 15 is 0 Å². The third kappa shape index (κ3) is 2.77. The molecule has 1 aromatic heterocycles. The number of rotatable bonds is 4. The van der Waals surface area contributed by atoms with Crippen molar-refractivity contribution in [2.45, 2.75) is 18.8 Å². The van der Waals surface area contributed by atoms with Crippen LogP contribution in [0.4, 0.5) is 0 Å². The van der Waals surface area contributed by atoms with Crippen molar-refractivity contribution < 1.29 is 4.74 Å². The Morgan fingerprint density at radius 3 is 2.37 bits per heavy atom. The van der Waals surface area contributed by atoms with Crippen LogP contribution in [0.25, 0.3) is 11.1 Å². The Kier molecular flexibility index (Phi) is 3.88. The zero-order valence-electron chi connectivity index (χ0n) is 15.0. The number of fused-ring (bicyclic) bond motifs is 1. The molecule has 0 bridgehead atoms. The van der Waals surface area contributed by atoms with Gasteiger partial charge in [0.2, 0.25) is 0 Å². The molecule has 0 radical (unpaired) electrons. The zero-order chi connectivity index (χ0) is 18.1. The van der Waals surface area contributed by atoms with Crippen molar-refractivity contribution in [3.63, 3.8) is 0 Å². The third-order valence-corrected chi connectivity index (χ3v) is 5.35. The van der Waals surface area contributed by atoms with E-state index in [1.165, 1.54) is 27.8 Å². The molecule has 27 heavy (non-hydrogen) atoms. The summed E-state index contributed by atoms with van der Waals surface area (Å²) in [7, 11) is 0. The molecule has 0 amide bonds. The number of benzene rings is 3. The topological polar surface area (TPSA) is 27.1 Å². The Hall–Kier alpha value is -3.17. The maximum atomic E-state index is 6.47. The molecular formula is C24H20N2O. The minimum Gasteiger partial charge on any atom is -0.359 e. The SMILES string of the molecule is c1ccc(-c2ccc(C3(Cn4ccnc4)OCc4ccccc43)cc2)cc1. The molecule has 1 unspecified atom stereocenters. The average molecular weight is 352 g/mol. The van der Waals surface area contributed by atoms with Crippen LogP contribution in [0.1, 0.15) is 16.7 Å². The Balaban J connectivity index is 1.60. The van der Waals surface area contributed by atoms with Gasteiger partial charge in [0, 0.05) is 12.4 Å². The van der Waals surface area contributed by atoms with Crippen molar-refractivity contribution in [3.8, 4) is 11.1 Å². The van der Waals surface area contributed by atoms with Gasteiger partial charge in [-0.25, -0.2) is 4.98 Å². The summed E-state index contributed by atoms with van der Waals surface area (Å²) in [5.74, 6) is 0. The summed E-state index contributed by atoms with van der Waals surface area (Å²) in [6.07, 6.45) is 5.65. The van der Waals surface area contributed by atoms with Gasteiger partial charge in [-0.3, -0.25) is 0 Å². The van der Waals surface area contributed by atoms with E-state index in [9.17, 15) is 0 Å². The van der Waals surface area contributed by atoms with E-state index in [1.807, 2.05) is 24.8 Å². The molecule has 0 saturated carbocycles. The number of aromatic nitrogens is 2. The lowest BCUT2D eigenvalue weighted by molar-refractivity contribution is -0.0180. The van der Waals surface area contributed by atoms with Crippen LogP contribution in [0.2, 0.25) is 0 Å². The van der Waals surface area contributed by atoms with Gasteiger partial charge in [-0.2, -0.15) is 0 Å². The summed E-state index contributed by atoms with van der Waals surface area (Å²) in [6.45, 7) is 1.33. The number of nitrogens with zero attached hydrogens (tertiary/aromatic N) is 2. The maximum Gasteiger partial charge on any atom is 0.137 e. The third-order valence-electron chi connectivity index (χ3n) is 5.35. The van der Waals surface area contributed by atoms with Gasteiger partial charge in [0.15, 0.2) is 0 Å². The fourth-order valence-corrected chi connectivity index (χ4v) is 3.98. The van der Waals surface area contributed by atoms with Gasteiger partial charge in [-0.05, 0) is 27.8 Å². The number of ether oxygens (including phenoxy) is 1. The summed E-state index contributed by atoms with van der Waals surface area (Å²) in [4.78, 5) is 4.21. The van der Waals surface area contributed by atoms with Crippen LogP contribution >= 0.6 is 0 Å². The van der Waals surface area contributed by atoms with Crippen molar-refractivity contribution in [1.29, 1.82) is 0 Å². The second-order valence-electron chi connectivity index (χ2n) is 6.95. The van der Waals surface area contributed by atoms with Crippen molar-refractivity contribution in [1.82, 2.24) is 9.55 Å². The Morgan fingerprint density at radius 1 is 0.852 bits per heavy atom. The summed E-state index contributed by atoms with van der Waals surface area (Å²) in [5, 5.41) is 0. The van der Waals surface area contributed by atoms with Gasteiger partial charge in [0.25, 0.3) is 0 Å². The molecule has 4 aromatic rings. The molecule has 0 fully saturated rings. The van der Waals surface area contributed by atoms with Crippen molar-refractivity contribution in [3.05, 3.63) is 114 Å². The molecule has 5 rings (SSSR count). The van der Waals surface area contributed by atoms with Crippen LogP contribution in [0, 0.1) is 0 Å². The molecule has 1 atom stereocenters. The molecule has 1 aliphatic heterocycles. The normalized spacial score (nSPS) is 18.4. The van der Waals surface area contributed by atoms with E-state index in [-0.39, 0.29) is 0 Å². The molecule has 0 aliphatic carbocycles. The second-order valence-corrected chi connectivity index (χ2v) is 6.95. The molecule has 0 N–H and O–H groups in total. The van der Waals surface area contributed by atoms with E-state index in [0.29, 0.717) is 13.2 Å². The summed E-state index contributed by atoms with van der Waals surface area (Å²) >= 11 is 0. The highest BCUT2D eigenvalue weighted by Gasteiger charge is 2.42. The first-order valence-electron chi connectivity index (χ1n) is 9.19. The number of imidazole rings is 1. The molecular weight excluding hydrogens is 332 g/mol. The van der Waals surface area contributed by atoms with Gasteiger partial charge < -0.3 is 9.30 Å². The van der Waals surface area contributed by atoms with Crippen molar-refractivity contribution in [2.24, 2.45) is 0 Å². The highest BCUT2D eigenvalue weighted by molar-refractivity contribution is 5.64. The van der Waals surface area contributed by atoms with Crippen LogP contribution in [0.15, 0.2) is 97.6 Å². The van der Waals surface area contributed by atoms with Gasteiger partial charge in [-0.1, -0.05) is 78.9 Å². The summed E-state index contributed by atoms with van der Waals surface area (Å²) in [5.41, 5.74) is 5.60. The summed E-state index contributed by atoms with van der Waals surface area (Å²) < 4.78 is 8.56. The van der Waals surface area contributed by atoms with Gasteiger partial charge in [0.1, 0.15) is 5.60 Å². The van der Waals surface area contributed by atoms with E-state index in [4.69, 9.17) is 4.74 Å². The van der Waals surface area contributed by atoms with Crippen LogP contribution in [-0.4, -0.2) is 9.55 Å². The monoisotopic (exact) mass is 352 g/mol. The van der Waals surface area contributed by atoms with E-state index in [2.05, 4.69) is 82.3 Å². The predicted octanol–water partition coefficient (Wildman–Crippen LogP) is 5.02. The molecule has 3 heteroatoms. The quantitative estimate of drug-likeness (QED) is 0.515. The molecule has 3 nitrogen and oxygen atoms in total. The molecule has 132 valence electrons. The van der Waals surface area contributed by atoms with Gasteiger partial charge >= 0.3 is 0 Å². The second kappa shape index (κ2) is 6.53. The lowest BCUT2D eigenvalue weighted by Gasteiger charge is -2.31. The fraction of sp³-hybridized carbons (Fsp3) is 0.125.